The normalized spacial score (nSPS) is 11.3. The summed E-state index contributed by atoms with van der Waals surface area (Å²) in [5.41, 5.74) is 0.765. The van der Waals surface area contributed by atoms with Crippen molar-refractivity contribution in [2.75, 3.05) is 0 Å². The molecule has 0 saturated carbocycles. The molecule has 0 unspecified atom stereocenters. The molecule has 0 atom stereocenters. The van der Waals surface area contributed by atoms with Crippen LogP contribution in [0.4, 0.5) is 11.6 Å². The lowest BCUT2D eigenvalue weighted by Gasteiger charge is -2.04. The van der Waals surface area contributed by atoms with Crippen LogP contribution in [0.15, 0.2) is 70.9 Å². The lowest BCUT2D eigenvalue weighted by atomic mass is 10.1. The Bertz CT molecular complexity index is 803. The zero-order valence-electron chi connectivity index (χ0n) is 12.6. The van der Waals surface area contributed by atoms with E-state index in [1.54, 1.807) is 36.7 Å². The Kier molecular flexibility index (Phi) is 4.57. The maximum atomic E-state index is 10.1. The number of phenolic OH excluding ortho intramolecular Hbond substituents is 2. The molecule has 118 valence electrons. The highest BCUT2D eigenvalue weighted by Gasteiger charge is 2.06. The Morgan fingerprint density at radius 1 is 0.708 bits per heavy atom. The fourth-order valence-corrected chi connectivity index (χ4v) is 1.95. The van der Waals surface area contributed by atoms with Crippen LogP contribution >= 0.6 is 0 Å². The summed E-state index contributed by atoms with van der Waals surface area (Å²) in [5, 5.41) is 20.2. The molecule has 1 aromatic carbocycles. The van der Waals surface area contributed by atoms with Crippen molar-refractivity contribution >= 4 is 24.1 Å². The minimum atomic E-state index is -0.0186. The molecule has 0 spiro atoms. The van der Waals surface area contributed by atoms with E-state index in [9.17, 15) is 10.2 Å². The number of hydrogen-bond acceptors (Lipinski definition) is 6. The molecular weight excluding hydrogens is 304 g/mol. The average molecular weight is 318 g/mol. The van der Waals surface area contributed by atoms with Crippen LogP contribution in [0.5, 0.6) is 11.5 Å². The summed E-state index contributed by atoms with van der Waals surface area (Å²) in [6, 6.07) is 13.5. The summed E-state index contributed by atoms with van der Waals surface area (Å²) < 4.78 is 0. The Morgan fingerprint density at radius 2 is 1.17 bits per heavy atom. The smallest absolute Gasteiger partial charge is 0.151 e. The van der Waals surface area contributed by atoms with E-state index in [4.69, 9.17) is 0 Å². The first-order valence-corrected chi connectivity index (χ1v) is 7.18. The topological polar surface area (TPSA) is 91.0 Å². The van der Waals surface area contributed by atoms with Crippen LogP contribution in [0.2, 0.25) is 0 Å². The molecule has 6 heteroatoms. The highest BCUT2D eigenvalue weighted by molar-refractivity contribution is 5.91. The van der Waals surface area contributed by atoms with Crippen molar-refractivity contribution in [1.29, 1.82) is 0 Å². The maximum Gasteiger partial charge on any atom is 0.151 e. The van der Waals surface area contributed by atoms with Crippen LogP contribution in [-0.4, -0.2) is 32.6 Å². The van der Waals surface area contributed by atoms with Gasteiger partial charge < -0.3 is 10.2 Å². The first-order chi connectivity index (χ1) is 11.7. The van der Waals surface area contributed by atoms with E-state index in [0.717, 1.165) is 0 Å². The highest BCUT2D eigenvalue weighted by atomic mass is 16.3. The van der Waals surface area contributed by atoms with Crippen LogP contribution in [-0.2, 0) is 0 Å². The molecule has 24 heavy (non-hydrogen) atoms. The quantitative estimate of drug-likeness (QED) is 0.570. The van der Waals surface area contributed by atoms with Crippen LogP contribution in [0.25, 0.3) is 0 Å². The van der Waals surface area contributed by atoms with Gasteiger partial charge in [-0.25, -0.2) is 20.0 Å². The third-order valence-corrected chi connectivity index (χ3v) is 3.15. The van der Waals surface area contributed by atoms with Crippen LogP contribution in [0, 0.1) is 0 Å². The second-order valence-corrected chi connectivity index (χ2v) is 4.86. The molecule has 0 aliphatic heterocycles. The molecule has 0 bridgehead atoms. The predicted molar refractivity (Wildman–Crippen MR) is 92.8 cm³/mol. The van der Waals surface area contributed by atoms with Crippen molar-refractivity contribution in [1.82, 2.24) is 9.97 Å². The van der Waals surface area contributed by atoms with Gasteiger partial charge in [-0.2, -0.15) is 0 Å². The summed E-state index contributed by atoms with van der Waals surface area (Å²) in [6.45, 7) is 0. The third-order valence-electron chi connectivity index (χ3n) is 3.15. The van der Waals surface area contributed by atoms with E-state index in [1.807, 2.05) is 12.1 Å². The summed E-state index contributed by atoms with van der Waals surface area (Å²) in [7, 11) is 0. The SMILES string of the molecule is Oc1cc(/C=N/c2ccccn2)c(O)cc1/C=N/c1ccccn1. The van der Waals surface area contributed by atoms with Gasteiger partial charge in [0, 0.05) is 35.9 Å². The minimum absolute atomic E-state index is 0.0186. The molecule has 6 nitrogen and oxygen atoms in total. The number of aliphatic imine (C=N–C) groups is 2. The standard InChI is InChI=1S/C18H14N4O2/c23-15-10-14(12-22-18-6-2-4-8-20-18)16(24)9-13(15)11-21-17-5-1-3-7-19-17/h1-12,23-24H/b21-11+,22-12+. The van der Waals surface area contributed by atoms with E-state index in [-0.39, 0.29) is 11.5 Å². The Labute approximate surface area is 138 Å². The van der Waals surface area contributed by atoms with Gasteiger partial charge in [-0.15, -0.1) is 0 Å². The number of rotatable bonds is 4. The van der Waals surface area contributed by atoms with Crippen LogP contribution < -0.4 is 0 Å². The zero-order valence-corrected chi connectivity index (χ0v) is 12.6. The van der Waals surface area contributed by atoms with Gasteiger partial charge in [0.25, 0.3) is 0 Å². The van der Waals surface area contributed by atoms with Crippen molar-refractivity contribution in [3.05, 3.63) is 72.1 Å². The Hall–Kier alpha value is -3.54. The number of nitrogens with zero attached hydrogens (tertiary/aromatic N) is 4. The van der Waals surface area contributed by atoms with Crippen molar-refractivity contribution in [2.24, 2.45) is 9.98 Å². The molecule has 0 saturated heterocycles. The van der Waals surface area contributed by atoms with E-state index < -0.39 is 0 Å². The van der Waals surface area contributed by atoms with Gasteiger partial charge in [0.2, 0.25) is 0 Å². The first kappa shape index (κ1) is 15.4. The van der Waals surface area contributed by atoms with Gasteiger partial charge in [0.1, 0.15) is 11.5 Å². The van der Waals surface area contributed by atoms with Gasteiger partial charge in [0.15, 0.2) is 11.6 Å². The largest absolute Gasteiger partial charge is 0.507 e. The maximum absolute atomic E-state index is 10.1. The number of benzene rings is 1. The van der Waals surface area contributed by atoms with Crippen molar-refractivity contribution in [2.45, 2.75) is 0 Å². The molecule has 0 aliphatic rings. The summed E-state index contributed by atoms with van der Waals surface area (Å²) in [5.74, 6) is 0.985. The molecular formula is C18H14N4O2. The van der Waals surface area contributed by atoms with Gasteiger partial charge in [0.05, 0.1) is 0 Å². The van der Waals surface area contributed by atoms with Crippen LogP contribution in [0.1, 0.15) is 11.1 Å². The van der Waals surface area contributed by atoms with Gasteiger partial charge >= 0.3 is 0 Å². The van der Waals surface area contributed by atoms with Crippen LogP contribution in [0.3, 0.4) is 0 Å². The number of aromatic hydroxyl groups is 2. The molecule has 3 aromatic rings. The van der Waals surface area contributed by atoms with Gasteiger partial charge in [-0.3, -0.25) is 0 Å². The fraction of sp³-hybridized carbons (Fsp3) is 0. The first-order valence-electron chi connectivity index (χ1n) is 7.18. The minimum Gasteiger partial charge on any atom is -0.507 e. The fourth-order valence-electron chi connectivity index (χ4n) is 1.95. The number of aromatic nitrogens is 2. The summed E-state index contributed by atoms with van der Waals surface area (Å²) in [4.78, 5) is 16.4. The summed E-state index contributed by atoms with van der Waals surface area (Å²) >= 11 is 0. The van der Waals surface area contributed by atoms with Crippen molar-refractivity contribution < 1.29 is 10.2 Å². The van der Waals surface area contributed by atoms with Gasteiger partial charge in [-0.05, 0) is 36.4 Å². The molecule has 0 aliphatic carbocycles. The van der Waals surface area contributed by atoms with Crippen molar-refractivity contribution in [3.8, 4) is 11.5 Å². The third kappa shape index (κ3) is 3.80. The lowest BCUT2D eigenvalue weighted by Crippen LogP contribution is -1.89. The molecule has 2 N–H and O–H groups in total. The van der Waals surface area contributed by atoms with Gasteiger partial charge in [-0.1, -0.05) is 12.1 Å². The van der Waals surface area contributed by atoms with Crippen molar-refractivity contribution in [3.63, 3.8) is 0 Å². The molecule has 0 fully saturated rings. The monoisotopic (exact) mass is 318 g/mol. The van der Waals surface area contributed by atoms with E-state index >= 15 is 0 Å². The summed E-state index contributed by atoms with van der Waals surface area (Å²) in [6.07, 6.45) is 6.14. The van der Waals surface area contributed by atoms with E-state index in [1.165, 1.54) is 24.6 Å². The molecule has 0 radical (unpaired) electrons. The number of phenols is 2. The number of pyridine rings is 2. The second kappa shape index (κ2) is 7.15. The second-order valence-electron chi connectivity index (χ2n) is 4.86. The molecule has 2 aromatic heterocycles. The lowest BCUT2D eigenvalue weighted by molar-refractivity contribution is 0.459. The Balaban J connectivity index is 1.83. The Morgan fingerprint density at radius 3 is 1.54 bits per heavy atom. The van der Waals surface area contributed by atoms with E-state index in [0.29, 0.717) is 22.8 Å². The predicted octanol–water partition coefficient (Wildman–Crippen LogP) is 3.39. The molecule has 0 amide bonds. The zero-order chi connectivity index (χ0) is 16.8. The highest BCUT2D eigenvalue weighted by Crippen LogP contribution is 2.26. The molecule has 2 heterocycles. The van der Waals surface area contributed by atoms with E-state index in [2.05, 4.69) is 20.0 Å². The molecule has 3 rings (SSSR count). The number of hydrogen-bond donors (Lipinski definition) is 2. The average Bonchev–Trinajstić information content (AvgIpc) is 2.62.